The molecule has 0 aliphatic carbocycles. The van der Waals surface area contributed by atoms with Crippen LogP contribution in [0.3, 0.4) is 0 Å². The van der Waals surface area contributed by atoms with E-state index in [4.69, 9.17) is 0 Å². The molecule has 21 heavy (non-hydrogen) atoms. The molecular weight excluding hydrogens is 274 g/mol. The van der Waals surface area contributed by atoms with Crippen molar-refractivity contribution in [2.75, 3.05) is 32.7 Å². The van der Waals surface area contributed by atoms with Gasteiger partial charge in [0.15, 0.2) is 0 Å². The van der Waals surface area contributed by atoms with Gasteiger partial charge in [0.25, 0.3) is 0 Å². The first-order valence-corrected chi connectivity index (χ1v) is 7.73. The average Bonchev–Trinajstić information content (AvgIpc) is 2.80. The number of β-amino-alcohol motifs (C(OH)–C–C–N with tert-alkyl or cyclic N) is 1. The zero-order chi connectivity index (χ0) is 14.8. The molecule has 0 aromatic heterocycles. The lowest BCUT2D eigenvalue weighted by atomic mass is 10.1. The van der Waals surface area contributed by atoms with Crippen molar-refractivity contribution in [3.05, 3.63) is 35.4 Å². The molecule has 1 aromatic rings. The summed E-state index contributed by atoms with van der Waals surface area (Å²) in [5.74, 6) is -1.05. The van der Waals surface area contributed by atoms with E-state index in [1.807, 2.05) is 0 Å². The van der Waals surface area contributed by atoms with Gasteiger partial charge < -0.3 is 5.11 Å². The Morgan fingerprint density at radius 2 is 2.00 bits per heavy atom. The van der Waals surface area contributed by atoms with E-state index < -0.39 is 17.7 Å². The lowest BCUT2D eigenvalue weighted by Crippen LogP contribution is -2.38. The first-order valence-electron chi connectivity index (χ1n) is 7.73. The highest BCUT2D eigenvalue weighted by atomic mass is 19.1. The van der Waals surface area contributed by atoms with Gasteiger partial charge in [-0.3, -0.25) is 9.80 Å². The Bertz CT molecular complexity index is 497. The quantitative estimate of drug-likeness (QED) is 0.926. The number of rotatable bonds is 3. The standard InChI is InChI=1S/C16H22F2N2O/c17-12-4-5-15(18)14(9-12)16(21)11-19-6-2-8-20-7-1-3-13(20)10-19/h4-5,9,13,16,21H,1-3,6-8,10-11H2. The molecule has 1 N–H and O–H groups in total. The molecule has 2 atom stereocenters. The van der Waals surface area contributed by atoms with Gasteiger partial charge in [0.1, 0.15) is 11.6 Å². The van der Waals surface area contributed by atoms with Crippen LogP contribution >= 0.6 is 0 Å². The number of fused-ring (bicyclic) bond motifs is 1. The third-order valence-electron chi connectivity index (χ3n) is 4.64. The second kappa shape index (κ2) is 6.38. The van der Waals surface area contributed by atoms with Crippen LogP contribution in [0.5, 0.6) is 0 Å². The van der Waals surface area contributed by atoms with Gasteiger partial charge in [-0.25, -0.2) is 8.78 Å². The zero-order valence-electron chi connectivity index (χ0n) is 12.1. The third kappa shape index (κ3) is 3.42. The summed E-state index contributed by atoms with van der Waals surface area (Å²) in [6.45, 7) is 4.45. The fraction of sp³-hybridized carbons (Fsp3) is 0.625. The fourth-order valence-corrected chi connectivity index (χ4v) is 3.56. The molecule has 2 aliphatic heterocycles. The molecule has 3 nitrogen and oxygen atoms in total. The van der Waals surface area contributed by atoms with Gasteiger partial charge in [0.2, 0.25) is 0 Å². The summed E-state index contributed by atoms with van der Waals surface area (Å²) in [6.07, 6.45) is 2.52. The van der Waals surface area contributed by atoms with Crippen LogP contribution in [0.2, 0.25) is 0 Å². The van der Waals surface area contributed by atoms with Crippen LogP contribution in [0.4, 0.5) is 8.78 Å². The van der Waals surface area contributed by atoms with E-state index in [0.717, 1.165) is 44.3 Å². The number of aliphatic hydroxyl groups excluding tert-OH is 1. The van der Waals surface area contributed by atoms with Gasteiger partial charge in [-0.2, -0.15) is 0 Å². The highest BCUT2D eigenvalue weighted by Gasteiger charge is 2.29. The second-order valence-electron chi connectivity index (χ2n) is 6.13. The van der Waals surface area contributed by atoms with Gasteiger partial charge in [-0.15, -0.1) is 0 Å². The van der Waals surface area contributed by atoms with Crippen molar-refractivity contribution in [2.24, 2.45) is 0 Å². The Balaban J connectivity index is 1.66. The van der Waals surface area contributed by atoms with E-state index in [-0.39, 0.29) is 5.56 Å². The molecule has 2 aliphatic rings. The van der Waals surface area contributed by atoms with E-state index in [2.05, 4.69) is 9.80 Å². The molecule has 0 radical (unpaired) electrons. The minimum absolute atomic E-state index is 0.0579. The van der Waals surface area contributed by atoms with Crippen LogP contribution in [0, 0.1) is 11.6 Å². The molecule has 0 bridgehead atoms. The largest absolute Gasteiger partial charge is 0.387 e. The first-order chi connectivity index (χ1) is 10.1. The van der Waals surface area contributed by atoms with E-state index in [0.29, 0.717) is 12.6 Å². The highest BCUT2D eigenvalue weighted by molar-refractivity contribution is 5.21. The average molecular weight is 296 g/mol. The zero-order valence-corrected chi connectivity index (χ0v) is 12.1. The summed E-state index contributed by atoms with van der Waals surface area (Å²) in [7, 11) is 0. The Morgan fingerprint density at radius 1 is 1.19 bits per heavy atom. The maximum Gasteiger partial charge on any atom is 0.129 e. The molecule has 0 amide bonds. The highest BCUT2D eigenvalue weighted by Crippen LogP contribution is 2.24. The minimum atomic E-state index is -0.978. The van der Waals surface area contributed by atoms with Crippen molar-refractivity contribution >= 4 is 0 Å². The molecule has 0 spiro atoms. The SMILES string of the molecule is OC(CN1CCCN2CCCC2C1)c1cc(F)ccc1F. The predicted octanol–water partition coefficient (Wildman–Crippen LogP) is 2.17. The first kappa shape index (κ1) is 14.9. The van der Waals surface area contributed by atoms with Crippen LogP contribution in [-0.2, 0) is 0 Å². The molecule has 2 saturated heterocycles. The molecule has 1 aromatic carbocycles. The normalized spacial score (nSPS) is 25.6. The second-order valence-corrected chi connectivity index (χ2v) is 6.13. The Kier molecular flexibility index (Phi) is 4.52. The van der Waals surface area contributed by atoms with Crippen molar-refractivity contribution in [2.45, 2.75) is 31.4 Å². The third-order valence-corrected chi connectivity index (χ3v) is 4.64. The van der Waals surface area contributed by atoms with Crippen molar-refractivity contribution in [1.82, 2.24) is 9.80 Å². The Morgan fingerprint density at radius 3 is 2.86 bits per heavy atom. The number of hydrogen-bond acceptors (Lipinski definition) is 3. The van der Waals surface area contributed by atoms with Crippen molar-refractivity contribution in [3.63, 3.8) is 0 Å². The number of hydrogen-bond donors (Lipinski definition) is 1. The topological polar surface area (TPSA) is 26.7 Å². The van der Waals surface area contributed by atoms with E-state index in [1.165, 1.54) is 19.4 Å². The van der Waals surface area contributed by atoms with E-state index >= 15 is 0 Å². The van der Waals surface area contributed by atoms with Crippen LogP contribution < -0.4 is 0 Å². The van der Waals surface area contributed by atoms with Crippen molar-refractivity contribution < 1.29 is 13.9 Å². The maximum atomic E-state index is 13.7. The summed E-state index contributed by atoms with van der Waals surface area (Å²) < 4.78 is 26.9. The lowest BCUT2D eigenvalue weighted by molar-refractivity contribution is 0.105. The molecule has 5 heteroatoms. The van der Waals surface area contributed by atoms with Gasteiger partial charge in [0.05, 0.1) is 6.10 Å². The van der Waals surface area contributed by atoms with Crippen LogP contribution in [0.25, 0.3) is 0 Å². The maximum absolute atomic E-state index is 13.7. The Hall–Kier alpha value is -1.04. The van der Waals surface area contributed by atoms with Crippen molar-refractivity contribution in [3.8, 4) is 0 Å². The van der Waals surface area contributed by atoms with Gasteiger partial charge in [-0.1, -0.05) is 0 Å². The summed E-state index contributed by atoms with van der Waals surface area (Å²) in [4.78, 5) is 4.69. The summed E-state index contributed by atoms with van der Waals surface area (Å²) in [5, 5.41) is 10.2. The van der Waals surface area contributed by atoms with Crippen LogP contribution in [0.1, 0.15) is 30.9 Å². The number of aliphatic hydroxyl groups is 1. The molecule has 2 fully saturated rings. The van der Waals surface area contributed by atoms with E-state index in [9.17, 15) is 13.9 Å². The van der Waals surface area contributed by atoms with Gasteiger partial charge >= 0.3 is 0 Å². The summed E-state index contributed by atoms with van der Waals surface area (Å²) in [5.41, 5.74) is 0.0579. The van der Waals surface area contributed by atoms with Gasteiger partial charge in [0, 0.05) is 24.7 Å². The minimum Gasteiger partial charge on any atom is -0.387 e. The number of nitrogens with zero attached hydrogens (tertiary/aromatic N) is 2. The monoisotopic (exact) mass is 296 g/mol. The molecule has 2 heterocycles. The van der Waals surface area contributed by atoms with Crippen LogP contribution in [0.15, 0.2) is 18.2 Å². The Labute approximate surface area is 124 Å². The van der Waals surface area contributed by atoms with Crippen molar-refractivity contribution in [1.29, 1.82) is 0 Å². The van der Waals surface area contributed by atoms with Gasteiger partial charge in [-0.05, 0) is 57.1 Å². The predicted molar refractivity (Wildman–Crippen MR) is 77.0 cm³/mol. The number of benzene rings is 1. The molecule has 116 valence electrons. The van der Waals surface area contributed by atoms with Crippen LogP contribution in [-0.4, -0.2) is 53.7 Å². The number of halogens is 2. The molecule has 2 unspecified atom stereocenters. The summed E-state index contributed by atoms with van der Waals surface area (Å²) in [6, 6.07) is 3.81. The smallest absolute Gasteiger partial charge is 0.129 e. The molecular formula is C16H22F2N2O. The lowest BCUT2D eigenvalue weighted by Gasteiger charge is -2.27. The molecule has 3 rings (SSSR count). The fourth-order valence-electron chi connectivity index (χ4n) is 3.56. The van der Waals surface area contributed by atoms with E-state index in [1.54, 1.807) is 0 Å². The summed E-state index contributed by atoms with van der Waals surface area (Å²) >= 11 is 0. The molecule has 0 saturated carbocycles.